The van der Waals surface area contributed by atoms with Crippen molar-refractivity contribution in [1.82, 2.24) is 9.80 Å². The van der Waals surface area contributed by atoms with Gasteiger partial charge in [-0.05, 0) is 55.8 Å². The summed E-state index contributed by atoms with van der Waals surface area (Å²) in [5.41, 5.74) is 2.38. The Hall–Kier alpha value is -1.93. The lowest BCUT2D eigenvalue weighted by molar-refractivity contribution is -0.136. The van der Waals surface area contributed by atoms with Crippen molar-refractivity contribution in [2.75, 3.05) is 46.5 Å². The maximum absolute atomic E-state index is 13.3. The summed E-state index contributed by atoms with van der Waals surface area (Å²) in [4.78, 5) is 18.6. The topological polar surface area (TPSA) is 62.2 Å². The van der Waals surface area contributed by atoms with Crippen molar-refractivity contribution in [3.05, 3.63) is 51.7 Å². The number of carbonyl (C=O) groups excluding carboxylic acids is 1. The molecule has 170 valence electrons. The normalized spacial score (nSPS) is 16.9. The van der Waals surface area contributed by atoms with Gasteiger partial charge in [0, 0.05) is 38.2 Å². The number of carbonyl (C=O) groups is 1. The number of fused-ring (bicyclic) bond motifs is 1. The van der Waals surface area contributed by atoms with E-state index in [1.54, 1.807) is 25.4 Å². The number of ether oxygens (including phenoxy) is 2. The quantitative estimate of drug-likeness (QED) is 0.537. The Morgan fingerprint density at radius 2 is 2.10 bits per heavy atom. The summed E-state index contributed by atoms with van der Waals surface area (Å²) in [6.07, 6.45) is 1.21. The number of aryl methyl sites for hydroxylation is 1. The van der Waals surface area contributed by atoms with Crippen LogP contribution in [0.25, 0.3) is 0 Å². The maximum Gasteiger partial charge on any atom is 0.237 e. The molecule has 7 heteroatoms. The van der Waals surface area contributed by atoms with Crippen LogP contribution in [0.1, 0.15) is 35.4 Å². The first kappa shape index (κ1) is 23.7. The molecule has 0 aliphatic carbocycles. The second kappa shape index (κ2) is 11.6. The molecular weight excluding hydrogens is 412 g/mol. The Morgan fingerprint density at radius 3 is 2.81 bits per heavy atom. The lowest BCUT2D eigenvalue weighted by Crippen LogP contribution is -2.47. The molecule has 2 heterocycles. The minimum atomic E-state index is -0.485. The summed E-state index contributed by atoms with van der Waals surface area (Å²) < 4.78 is 11.2. The number of thiophene rings is 1. The van der Waals surface area contributed by atoms with Gasteiger partial charge < -0.3 is 19.5 Å². The number of benzene rings is 1. The van der Waals surface area contributed by atoms with Gasteiger partial charge in [0.1, 0.15) is 12.4 Å². The lowest BCUT2D eigenvalue weighted by Gasteiger charge is -2.37. The molecule has 0 saturated carbocycles. The molecule has 1 N–H and O–H groups in total. The van der Waals surface area contributed by atoms with Gasteiger partial charge in [-0.3, -0.25) is 9.69 Å². The molecule has 1 aliphatic rings. The first-order valence-corrected chi connectivity index (χ1v) is 11.8. The highest BCUT2D eigenvalue weighted by atomic mass is 32.1. The van der Waals surface area contributed by atoms with Gasteiger partial charge in [0.15, 0.2) is 0 Å². The molecule has 0 radical (unpaired) electrons. The van der Waals surface area contributed by atoms with Crippen LogP contribution in [0.5, 0.6) is 5.75 Å². The van der Waals surface area contributed by atoms with Crippen LogP contribution in [0.2, 0.25) is 0 Å². The van der Waals surface area contributed by atoms with Crippen LogP contribution < -0.4 is 4.74 Å². The number of amides is 1. The van der Waals surface area contributed by atoms with Crippen molar-refractivity contribution in [2.45, 2.75) is 38.8 Å². The number of rotatable bonds is 11. The Labute approximate surface area is 189 Å². The molecule has 2 atom stereocenters. The fraction of sp³-hybridized carbons (Fsp3) is 0.542. The van der Waals surface area contributed by atoms with Crippen molar-refractivity contribution in [2.24, 2.45) is 0 Å². The smallest absolute Gasteiger partial charge is 0.237 e. The van der Waals surface area contributed by atoms with Crippen molar-refractivity contribution in [3.63, 3.8) is 0 Å². The van der Waals surface area contributed by atoms with Crippen molar-refractivity contribution >= 4 is 17.2 Å². The Kier molecular flexibility index (Phi) is 8.90. The van der Waals surface area contributed by atoms with Crippen LogP contribution in [0, 0.1) is 6.92 Å². The highest BCUT2D eigenvalue weighted by Crippen LogP contribution is 2.34. The molecule has 1 aliphatic heterocycles. The highest BCUT2D eigenvalue weighted by Gasteiger charge is 2.32. The molecule has 0 spiro atoms. The van der Waals surface area contributed by atoms with E-state index in [4.69, 9.17) is 9.47 Å². The number of methoxy groups -OCH3 is 1. The monoisotopic (exact) mass is 446 g/mol. The third-order valence-electron chi connectivity index (χ3n) is 5.55. The van der Waals surface area contributed by atoms with Crippen LogP contribution >= 0.6 is 11.3 Å². The zero-order valence-corrected chi connectivity index (χ0v) is 19.6. The molecule has 1 aromatic heterocycles. The minimum absolute atomic E-state index is 0.0763. The molecule has 1 aromatic carbocycles. The fourth-order valence-corrected chi connectivity index (χ4v) is 4.94. The zero-order valence-electron chi connectivity index (χ0n) is 18.8. The van der Waals surface area contributed by atoms with E-state index in [2.05, 4.69) is 18.4 Å². The van der Waals surface area contributed by atoms with Crippen LogP contribution in [0.4, 0.5) is 0 Å². The van der Waals surface area contributed by atoms with Gasteiger partial charge in [0.05, 0.1) is 18.7 Å². The summed E-state index contributed by atoms with van der Waals surface area (Å²) in [7, 11) is 1.68. The van der Waals surface area contributed by atoms with E-state index < -0.39 is 6.10 Å². The molecular formula is C24H34N2O4S. The van der Waals surface area contributed by atoms with Gasteiger partial charge in [-0.2, -0.15) is 0 Å². The van der Waals surface area contributed by atoms with E-state index in [9.17, 15) is 9.90 Å². The van der Waals surface area contributed by atoms with Gasteiger partial charge in [0.2, 0.25) is 5.91 Å². The third-order valence-corrected chi connectivity index (χ3v) is 6.54. The second-order valence-corrected chi connectivity index (χ2v) is 9.21. The Morgan fingerprint density at radius 1 is 1.32 bits per heavy atom. The molecule has 6 nitrogen and oxygen atoms in total. The first-order chi connectivity index (χ1) is 15.0. The van der Waals surface area contributed by atoms with E-state index in [0.717, 1.165) is 18.6 Å². The van der Waals surface area contributed by atoms with Gasteiger partial charge >= 0.3 is 0 Å². The standard InChI is InChI=1S/C24H34N2O4S/c1-18-5-7-20(8-6-18)30-17-22-21-10-14-31-23(21)9-12-26(22)24(28)16-25(15-19(2)27)11-4-13-29-3/h5-8,10,14,19,22,27H,4,9,11-13,15-17H2,1-3H3/t19-,22+/m1/s1. The van der Waals surface area contributed by atoms with Gasteiger partial charge in [0.25, 0.3) is 0 Å². The molecule has 1 amide bonds. The van der Waals surface area contributed by atoms with E-state index in [1.807, 2.05) is 34.1 Å². The third kappa shape index (κ3) is 6.77. The summed E-state index contributed by atoms with van der Waals surface area (Å²) in [5.74, 6) is 0.892. The fourth-order valence-electron chi connectivity index (χ4n) is 4.01. The van der Waals surface area contributed by atoms with Crippen LogP contribution in [0.3, 0.4) is 0 Å². The summed E-state index contributed by atoms with van der Waals surface area (Å²) in [5, 5.41) is 12.0. The number of hydrogen-bond donors (Lipinski definition) is 1. The molecule has 0 saturated heterocycles. The van der Waals surface area contributed by atoms with Gasteiger partial charge in [-0.25, -0.2) is 0 Å². The van der Waals surface area contributed by atoms with Crippen LogP contribution in [-0.2, 0) is 16.0 Å². The van der Waals surface area contributed by atoms with E-state index in [0.29, 0.717) is 32.8 Å². The van der Waals surface area contributed by atoms with Crippen molar-refractivity contribution in [1.29, 1.82) is 0 Å². The highest BCUT2D eigenvalue weighted by molar-refractivity contribution is 7.10. The predicted octanol–water partition coefficient (Wildman–Crippen LogP) is 3.28. The number of aliphatic hydroxyl groups is 1. The van der Waals surface area contributed by atoms with E-state index >= 15 is 0 Å². The average molecular weight is 447 g/mol. The minimum Gasteiger partial charge on any atom is -0.491 e. The second-order valence-electron chi connectivity index (χ2n) is 8.21. The summed E-state index contributed by atoms with van der Waals surface area (Å²) >= 11 is 1.75. The molecule has 3 rings (SSSR count). The molecule has 0 unspecified atom stereocenters. The molecule has 0 fully saturated rings. The van der Waals surface area contributed by atoms with E-state index in [-0.39, 0.29) is 18.5 Å². The zero-order chi connectivity index (χ0) is 22.2. The lowest BCUT2D eigenvalue weighted by atomic mass is 10.0. The SMILES string of the molecule is COCCCN(CC(=O)N1CCc2sccc2[C@@H]1COc1ccc(C)cc1)C[C@@H](C)O. The Balaban J connectivity index is 1.70. The predicted molar refractivity (Wildman–Crippen MR) is 124 cm³/mol. The molecule has 0 bridgehead atoms. The maximum atomic E-state index is 13.3. The summed E-state index contributed by atoms with van der Waals surface area (Å²) in [6.45, 7) is 7.03. The van der Waals surface area contributed by atoms with Crippen molar-refractivity contribution < 1.29 is 19.4 Å². The average Bonchev–Trinajstić information content (AvgIpc) is 3.22. The van der Waals surface area contributed by atoms with Crippen LogP contribution in [0.15, 0.2) is 35.7 Å². The summed E-state index contributed by atoms with van der Waals surface area (Å²) in [6, 6.07) is 10.0. The van der Waals surface area contributed by atoms with Crippen LogP contribution in [-0.4, -0.2) is 73.4 Å². The number of nitrogens with zero attached hydrogens (tertiary/aromatic N) is 2. The molecule has 2 aromatic rings. The molecule has 31 heavy (non-hydrogen) atoms. The Bertz CT molecular complexity index is 821. The first-order valence-electron chi connectivity index (χ1n) is 10.9. The largest absolute Gasteiger partial charge is 0.491 e. The number of hydrogen-bond acceptors (Lipinski definition) is 6. The van der Waals surface area contributed by atoms with Gasteiger partial charge in [-0.15, -0.1) is 11.3 Å². The van der Waals surface area contributed by atoms with E-state index in [1.165, 1.54) is 16.0 Å². The van der Waals surface area contributed by atoms with Gasteiger partial charge in [-0.1, -0.05) is 17.7 Å². The van der Waals surface area contributed by atoms with Crippen molar-refractivity contribution in [3.8, 4) is 5.75 Å². The number of aliphatic hydroxyl groups excluding tert-OH is 1.